The van der Waals surface area contributed by atoms with Crippen molar-refractivity contribution in [2.24, 2.45) is 0 Å². The summed E-state index contributed by atoms with van der Waals surface area (Å²) in [5, 5.41) is 29.5. The number of nitrogens with one attached hydrogen (secondary N) is 2. The summed E-state index contributed by atoms with van der Waals surface area (Å²) in [4.78, 5) is 25.5. The molecule has 0 aliphatic rings. The van der Waals surface area contributed by atoms with E-state index in [4.69, 9.17) is 52.1 Å². The molecule has 0 spiro atoms. The van der Waals surface area contributed by atoms with Gasteiger partial charge in [0.25, 0.3) is 0 Å². The molecule has 0 aliphatic heterocycles. The fourth-order valence-corrected chi connectivity index (χ4v) is 3.24. The minimum atomic E-state index is -0.897. The number of nitrogens with two attached hydrogens (primary N) is 1. The summed E-state index contributed by atoms with van der Waals surface area (Å²) < 4.78 is 0. The maximum Gasteiger partial charge on any atom is 0.341 e. The third kappa shape index (κ3) is 4.83. The number of nitrogen functional groups attached to an aromatic ring is 1. The van der Waals surface area contributed by atoms with Gasteiger partial charge < -0.3 is 16.4 Å². The number of nitro groups is 2. The summed E-state index contributed by atoms with van der Waals surface area (Å²) in [6, 6.07) is 8.72. The number of aromatic nitrogens is 1. The number of nitrogens with zero attached hydrogens (tertiary/aromatic N) is 3. The molecule has 14 heteroatoms. The molecule has 0 radical (unpaired) electrons. The lowest BCUT2D eigenvalue weighted by molar-refractivity contribution is -0.391. The molecule has 0 amide bonds. The maximum absolute atomic E-state index is 11.6. The summed E-state index contributed by atoms with van der Waals surface area (Å²) in [5.74, 6) is -0.809. The van der Waals surface area contributed by atoms with Crippen LogP contribution in [0.15, 0.2) is 36.4 Å². The fraction of sp³-hybridized carbons (Fsp3) is 0. The van der Waals surface area contributed by atoms with Crippen molar-refractivity contribution >= 4 is 86.5 Å². The maximum atomic E-state index is 11.6. The SMILES string of the molecule is Nc1c([N+](=O)[O-])c(Nc2cc(Cl)ccc2Cl)nc(Nc2cc(Cl)ccc2Cl)c1[N+](=O)[O-]. The van der Waals surface area contributed by atoms with Crippen LogP contribution in [0.3, 0.4) is 0 Å². The molecule has 0 saturated carbocycles. The van der Waals surface area contributed by atoms with Crippen LogP contribution in [0.4, 0.5) is 40.1 Å². The van der Waals surface area contributed by atoms with Crippen LogP contribution in [-0.2, 0) is 0 Å². The number of rotatable bonds is 6. The zero-order chi connectivity index (χ0) is 22.9. The van der Waals surface area contributed by atoms with Crippen molar-refractivity contribution in [1.82, 2.24) is 4.98 Å². The van der Waals surface area contributed by atoms with Crippen molar-refractivity contribution < 1.29 is 9.85 Å². The fourth-order valence-electron chi connectivity index (χ4n) is 2.57. The summed E-state index contributed by atoms with van der Waals surface area (Å²) in [5.41, 5.74) is 3.79. The Balaban J connectivity index is 2.22. The predicted molar refractivity (Wildman–Crippen MR) is 121 cm³/mol. The van der Waals surface area contributed by atoms with Crippen molar-refractivity contribution in [3.63, 3.8) is 0 Å². The van der Waals surface area contributed by atoms with E-state index in [0.29, 0.717) is 0 Å². The van der Waals surface area contributed by atoms with Crippen LogP contribution in [0.1, 0.15) is 0 Å². The molecule has 2 aromatic carbocycles. The molecule has 160 valence electrons. The molecule has 3 aromatic rings. The Bertz CT molecular complexity index is 1130. The summed E-state index contributed by atoms with van der Waals surface area (Å²) in [6.07, 6.45) is 0. The second kappa shape index (κ2) is 8.98. The van der Waals surface area contributed by atoms with Crippen LogP contribution in [-0.4, -0.2) is 14.8 Å². The molecule has 0 unspecified atom stereocenters. The highest BCUT2D eigenvalue weighted by atomic mass is 35.5. The van der Waals surface area contributed by atoms with Gasteiger partial charge >= 0.3 is 11.4 Å². The normalized spacial score (nSPS) is 10.6. The number of benzene rings is 2. The third-order valence-electron chi connectivity index (χ3n) is 3.91. The van der Waals surface area contributed by atoms with Crippen molar-refractivity contribution in [2.75, 3.05) is 16.4 Å². The topological polar surface area (TPSA) is 149 Å². The number of pyridine rings is 1. The zero-order valence-corrected chi connectivity index (χ0v) is 18.1. The molecule has 3 rings (SSSR count). The quantitative estimate of drug-likeness (QED) is 0.252. The second-order valence-corrected chi connectivity index (χ2v) is 7.62. The van der Waals surface area contributed by atoms with Gasteiger partial charge in [-0.05, 0) is 36.4 Å². The van der Waals surface area contributed by atoms with E-state index in [2.05, 4.69) is 15.6 Å². The molecule has 31 heavy (non-hydrogen) atoms. The van der Waals surface area contributed by atoms with E-state index in [1.165, 1.54) is 36.4 Å². The number of halogens is 4. The molecule has 1 heterocycles. The van der Waals surface area contributed by atoms with Gasteiger partial charge in [0.2, 0.25) is 11.6 Å². The average Bonchev–Trinajstić information content (AvgIpc) is 2.67. The predicted octanol–water partition coefficient (Wildman–Crippen LogP) is 6.58. The second-order valence-electron chi connectivity index (χ2n) is 5.93. The number of hydrogen-bond acceptors (Lipinski definition) is 8. The van der Waals surface area contributed by atoms with E-state index >= 15 is 0 Å². The van der Waals surface area contributed by atoms with Crippen molar-refractivity contribution in [1.29, 1.82) is 0 Å². The van der Waals surface area contributed by atoms with Crippen LogP contribution in [0, 0.1) is 20.2 Å². The first kappa shape index (κ1) is 22.6. The lowest BCUT2D eigenvalue weighted by Crippen LogP contribution is -2.10. The van der Waals surface area contributed by atoms with Crippen LogP contribution in [0.5, 0.6) is 0 Å². The highest BCUT2D eigenvalue weighted by Gasteiger charge is 2.34. The molecule has 1 aromatic heterocycles. The summed E-state index contributed by atoms with van der Waals surface area (Å²) in [7, 11) is 0. The molecule has 10 nitrogen and oxygen atoms in total. The van der Waals surface area contributed by atoms with E-state index in [9.17, 15) is 20.2 Å². The highest BCUT2D eigenvalue weighted by Crippen LogP contribution is 2.44. The number of anilines is 5. The van der Waals surface area contributed by atoms with Crippen LogP contribution < -0.4 is 16.4 Å². The average molecular weight is 504 g/mol. The Morgan fingerprint density at radius 3 is 1.52 bits per heavy atom. The molecule has 0 aliphatic carbocycles. The van der Waals surface area contributed by atoms with Crippen molar-refractivity contribution in [3.05, 3.63) is 76.7 Å². The van der Waals surface area contributed by atoms with Gasteiger partial charge in [0, 0.05) is 10.0 Å². The first-order chi connectivity index (χ1) is 14.6. The van der Waals surface area contributed by atoms with Gasteiger partial charge in [0.15, 0.2) is 5.69 Å². The standard InChI is InChI=1S/C17H10Cl4N6O4/c18-7-1-3-9(20)11(5-7)23-16-14(26(28)29)13(22)15(27(30)31)17(25-16)24-12-6-8(19)2-4-10(12)21/h1-6H,(H4,22,23,24,25). The van der Waals surface area contributed by atoms with Gasteiger partial charge in [-0.1, -0.05) is 46.4 Å². The molecule has 0 bridgehead atoms. The third-order valence-corrected chi connectivity index (χ3v) is 5.04. The van der Waals surface area contributed by atoms with Gasteiger partial charge in [-0.25, -0.2) is 0 Å². The van der Waals surface area contributed by atoms with E-state index in [-0.39, 0.29) is 31.5 Å². The number of hydrogen-bond donors (Lipinski definition) is 3. The lowest BCUT2D eigenvalue weighted by Gasteiger charge is -2.14. The van der Waals surface area contributed by atoms with Crippen LogP contribution in [0.2, 0.25) is 20.1 Å². The molecular formula is C17H10Cl4N6O4. The molecule has 0 fully saturated rings. The van der Waals surface area contributed by atoms with Crippen molar-refractivity contribution in [2.45, 2.75) is 0 Å². The summed E-state index contributed by atoms with van der Waals surface area (Å²) >= 11 is 24.1. The van der Waals surface area contributed by atoms with E-state index in [0.717, 1.165) is 0 Å². The van der Waals surface area contributed by atoms with Gasteiger partial charge in [-0.2, -0.15) is 4.98 Å². The van der Waals surface area contributed by atoms with E-state index < -0.39 is 38.5 Å². The Morgan fingerprint density at radius 1 is 0.774 bits per heavy atom. The minimum Gasteiger partial charge on any atom is -0.387 e. The van der Waals surface area contributed by atoms with Gasteiger partial charge in [0.1, 0.15) is 0 Å². The largest absolute Gasteiger partial charge is 0.387 e. The summed E-state index contributed by atoms with van der Waals surface area (Å²) in [6.45, 7) is 0. The zero-order valence-electron chi connectivity index (χ0n) is 15.0. The smallest absolute Gasteiger partial charge is 0.341 e. The molecule has 0 atom stereocenters. The monoisotopic (exact) mass is 502 g/mol. The molecule has 0 saturated heterocycles. The lowest BCUT2D eigenvalue weighted by atomic mass is 10.2. The Morgan fingerprint density at radius 2 is 1.16 bits per heavy atom. The Kier molecular flexibility index (Phi) is 6.56. The highest BCUT2D eigenvalue weighted by molar-refractivity contribution is 6.36. The van der Waals surface area contributed by atoms with Gasteiger partial charge in [-0.15, -0.1) is 0 Å². The van der Waals surface area contributed by atoms with E-state index in [1.54, 1.807) is 0 Å². The Hall–Kier alpha value is -3.05. The van der Waals surface area contributed by atoms with E-state index in [1.807, 2.05) is 0 Å². The van der Waals surface area contributed by atoms with Gasteiger partial charge in [-0.3, -0.25) is 20.2 Å². The molecular weight excluding hydrogens is 494 g/mol. The van der Waals surface area contributed by atoms with Crippen LogP contribution in [0.25, 0.3) is 0 Å². The van der Waals surface area contributed by atoms with Crippen molar-refractivity contribution in [3.8, 4) is 0 Å². The minimum absolute atomic E-state index is 0.171. The first-order valence-corrected chi connectivity index (χ1v) is 9.66. The van der Waals surface area contributed by atoms with Crippen LogP contribution >= 0.6 is 46.4 Å². The first-order valence-electron chi connectivity index (χ1n) is 8.15. The Labute approximate surface area is 194 Å². The van der Waals surface area contributed by atoms with Gasteiger partial charge in [0.05, 0.1) is 31.3 Å². The molecule has 4 N–H and O–H groups in total.